The van der Waals surface area contributed by atoms with Crippen LogP contribution in [0.15, 0.2) is 36.5 Å². The fourth-order valence-corrected chi connectivity index (χ4v) is 3.43. The minimum absolute atomic E-state index is 0.179. The molecule has 2 heterocycles. The number of aromatic amines is 1. The Balaban J connectivity index is 1.64. The van der Waals surface area contributed by atoms with Crippen molar-refractivity contribution in [2.75, 3.05) is 11.9 Å². The van der Waals surface area contributed by atoms with Crippen molar-refractivity contribution in [2.24, 2.45) is 7.05 Å². The maximum Gasteiger partial charge on any atom is 0.251 e. The van der Waals surface area contributed by atoms with Gasteiger partial charge in [0.05, 0.1) is 27.4 Å². The quantitative estimate of drug-likeness (QED) is 0.442. The van der Waals surface area contributed by atoms with Crippen molar-refractivity contribution < 1.29 is 4.79 Å². The highest BCUT2D eigenvalue weighted by Crippen LogP contribution is 2.33. The summed E-state index contributed by atoms with van der Waals surface area (Å²) in [6, 6.07) is 8.75. The van der Waals surface area contributed by atoms with E-state index in [0.29, 0.717) is 45.2 Å². The number of aromatic nitrogens is 5. The third-order valence-corrected chi connectivity index (χ3v) is 5.10. The molecule has 4 aromatic rings. The number of carbonyl (C=O) groups excluding carboxylic acids is 1. The number of aryl methyl sites for hydroxylation is 1. The molecular formula is C19H17Cl2N7O. The van der Waals surface area contributed by atoms with Crippen LogP contribution < -0.4 is 10.6 Å². The number of amides is 1. The van der Waals surface area contributed by atoms with Crippen molar-refractivity contribution in [1.29, 1.82) is 0 Å². The number of H-pyrrole nitrogens is 1. The molecule has 0 unspecified atom stereocenters. The molecule has 4 rings (SSSR count). The maximum absolute atomic E-state index is 12.0. The highest BCUT2D eigenvalue weighted by Gasteiger charge is 2.16. The number of hydrogen-bond acceptors (Lipinski definition) is 5. The highest BCUT2D eigenvalue weighted by atomic mass is 35.5. The van der Waals surface area contributed by atoms with Crippen LogP contribution in [0.2, 0.25) is 10.0 Å². The lowest BCUT2D eigenvalue weighted by atomic mass is 10.1. The van der Waals surface area contributed by atoms with Crippen molar-refractivity contribution in [2.45, 2.75) is 6.92 Å². The van der Waals surface area contributed by atoms with Crippen molar-refractivity contribution >= 4 is 51.6 Å². The lowest BCUT2D eigenvalue weighted by Gasteiger charge is -2.07. The fraction of sp³-hybridized carbons (Fsp3) is 0.158. The van der Waals surface area contributed by atoms with Gasteiger partial charge in [0.2, 0.25) is 5.95 Å². The third-order valence-electron chi connectivity index (χ3n) is 4.38. The molecule has 1 amide bonds. The summed E-state index contributed by atoms with van der Waals surface area (Å²) < 4.78 is 1.60. The molecule has 0 bridgehead atoms. The second-order valence-electron chi connectivity index (χ2n) is 6.32. The predicted molar refractivity (Wildman–Crippen MR) is 114 cm³/mol. The van der Waals surface area contributed by atoms with Gasteiger partial charge in [0.15, 0.2) is 5.82 Å². The molecule has 0 saturated heterocycles. The third kappa shape index (κ3) is 3.64. The van der Waals surface area contributed by atoms with Crippen LogP contribution >= 0.6 is 23.2 Å². The second-order valence-corrected chi connectivity index (χ2v) is 7.11. The van der Waals surface area contributed by atoms with Gasteiger partial charge in [-0.25, -0.2) is 4.68 Å². The number of anilines is 2. The van der Waals surface area contributed by atoms with Crippen LogP contribution in [0.25, 0.3) is 22.3 Å². The van der Waals surface area contributed by atoms with Gasteiger partial charge in [-0.05, 0) is 37.3 Å². The van der Waals surface area contributed by atoms with Gasteiger partial charge in [0.1, 0.15) is 0 Å². The zero-order chi connectivity index (χ0) is 20.5. The number of hydrogen-bond donors (Lipinski definition) is 3. The average molecular weight is 430 g/mol. The number of nitrogens with zero attached hydrogens (tertiary/aromatic N) is 4. The van der Waals surface area contributed by atoms with E-state index in [1.54, 1.807) is 36.1 Å². The Kier molecular flexibility index (Phi) is 5.12. The molecule has 10 heteroatoms. The summed E-state index contributed by atoms with van der Waals surface area (Å²) >= 11 is 12.9. The maximum atomic E-state index is 12.0. The van der Waals surface area contributed by atoms with E-state index in [4.69, 9.17) is 23.2 Å². The normalized spacial score (nSPS) is 11.0. The second kappa shape index (κ2) is 7.73. The van der Waals surface area contributed by atoms with E-state index in [1.165, 1.54) is 0 Å². The minimum atomic E-state index is -0.179. The SMILES string of the molecule is CCNC(=O)c1ccc(-c2nc(Nc3ccc4[nH]ncc4c3Cl)n(C)n2)c(Cl)c1. The lowest BCUT2D eigenvalue weighted by molar-refractivity contribution is 0.0956. The first-order chi connectivity index (χ1) is 14.0. The van der Waals surface area contributed by atoms with E-state index >= 15 is 0 Å². The zero-order valence-corrected chi connectivity index (χ0v) is 17.1. The first kappa shape index (κ1) is 19.2. The first-order valence-electron chi connectivity index (χ1n) is 8.85. The van der Waals surface area contributed by atoms with Gasteiger partial charge in [-0.1, -0.05) is 23.2 Å². The monoisotopic (exact) mass is 429 g/mol. The van der Waals surface area contributed by atoms with Gasteiger partial charge in [0.25, 0.3) is 5.91 Å². The molecule has 0 radical (unpaired) electrons. The van der Waals surface area contributed by atoms with Crippen molar-refractivity contribution in [3.05, 3.63) is 52.1 Å². The molecule has 29 heavy (non-hydrogen) atoms. The Morgan fingerprint density at radius 1 is 1.24 bits per heavy atom. The molecule has 0 fully saturated rings. The van der Waals surface area contributed by atoms with Crippen molar-refractivity contribution in [3.8, 4) is 11.4 Å². The molecule has 3 N–H and O–H groups in total. The van der Waals surface area contributed by atoms with Crippen molar-refractivity contribution in [3.63, 3.8) is 0 Å². The highest BCUT2D eigenvalue weighted by molar-refractivity contribution is 6.38. The molecule has 8 nitrogen and oxygen atoms in total. The van der Waals surface area contributed by atoms with Gasteiger partial charge in [-0.15, -0.1) is 5.10 Å². The molecule has 0 aliphatic carbocycles. The number of benzene rings is 2. The number of fused-ring (bicyclic) bond motifs is 1. The molecule has 0 saturated carbocycles. The zero-order valence-electron chi connectivity index (χ0n) is 15.6. The molecule has 0 aliphatic heterocycles. The van der Waals surface area contributed by atoms with Crippen molar-refractivity contribution in [1.82, 2.24) is 30.3 Å². The number of halogens is 2. The van der Waals surface area contributed by atoms with Gasteiger partial charge in [-0.3, -0.25) is 9.89 Å². The summed E-state index contributed by atoms with van der Waals surface area (Å²) in [5, 5.41) is 19.0. The van der Waals surface area contributed by atoms with Crippen LogP contribution in [0.1, 0.15) is 17.3 Å². The molecular weight excluding hydrogens is 413 g/mol. The molecule has 148 valence electrons. The topological polar surface area (TPSA) is 101 Å². The van der Waals surface area contributed by atoms with Gasteiger partial charge in [0, 0.05) is 30.1 Å². The fourth-order valence-electron chi connectivity index (χ4n) is 2.91. The van der Waals surface area contributed by atoms with Crippen LogP contribution in [0, 0.1) is 0 Å². The smallest absolute Gasteiger partial charge is 0.251 e. The number of rotatable bonds is 5. The first-order valence-corrected chi connectivity index (χ1v) is 9.61. The summed E-state index contributed by atoms with van der Waals surface area (Å²) in [6.45, 7) is 2.40. The van der Waals surface area contributed by atoms with E-state index in [1.807, 2.05) is 19.1 Å². The lowest BCUT2D eigenvalue weighted by Crippen LogP contribution is -2.22. The summed E-state index contributed by atoms with van der Waals surface area (Å²) in [5.41, 5.74) is 2.63. The predicted octanol–water partition coefficient (Wildman–Crippen LogP) is 4.16. The summed E-state index contributed by atoms with van der Waals surface area (Å²) in [4.78, 5) is 16.5. The number of carbonyl (C=O) groups is 1. The summed E-state index contributed by atoms with van der Waals surface area (Å²) in [6.07, 6.45) is 1.67. The van der Waals surface area contributed by atoms with Crippen LogP contribution in [0.4, 0.5) is 11.6 Å². The van der Waals surface area contributed by atoms with Gasteiger partial charge in [-0.2, -0.15) is 10.1 Å². The Hall–Kier alpha value is -3.10. The van der Waals surface area contributed by atoms with E-state index in [9.17, 15) is 4.79 Å². The van der Waals surface area contributed by atoms with E-state index in [2.05, 4.69) is 30.9 Å². The number of nitrogens with one attached hydrogen (secondary N) is 3. The Bertz CT molecular complexity index is 1210. The summed E-state index contributed by atoms with van der Waals surface area (Å²) in [5.74, 6) is 0.748. The van der Waals surface area contributed by atoms with E-state index in [0.717, 1.165) is 10.9 Å². The van der Waals surface area contributed by atoms with Gasteiger partial charge < -0.3 is 10.6 Å². The average Bonchev–Trinajstić information content (AvgIpc) is 3.31. The van der Waals surface area contributed by atoms with Gasteiger partial charge >= 0.3 is 0 Å². The molecule has 2 aromatic carbocycles. The molecule has 0 atom stereocenters. The Morgan fingerprint density at radius 3 is 2.83 bits per heavy atom. The van der Waals surface area contributed by atoms with Crippen LogP contribution in [0.3, 0.4) is 0 Å². The van der Waals surface area contributed by atoms with Crippen LogP contribution in [0.5, 0.6) is 0 Å². The standard InChI is InChI=1S/C19H17Cl2N7O/c1-3-22-18(29)10-4-5-11(13(20)8-10)17-25-19(28(2)27-17)24-15-7-6-14-12(16(15)21)9-23-26-14/h4-9H,3H2,1-2H3,(H,22,29)(H,23,26)(H,24,25,27). The Labute approximate surface area is 176 Å². The molecule has 0 spiro atoms. The summed E-state index contributed by atoms with van der Waals surface area (Å²) in [7, 11) is 1.76. The minimum Gasteiger partial charge on any atom is -0.352 e. The largest absolute Gasteiger partial charge is 0.352 e. The molecule has 0 aliphatic rings. The van der Waals surface area contributed by atoms with E-state index in [-0.39, 0.29) is 5.91 Å². The van der Waals surface area contributed by atoms with E-state index < -0.39 is 0 Å². The Morgan fingerprint density at radius 2 is 2.07 bits per heavy atom. The van der Waals surface area contributed by atoms with Crippen LogP contribution in [-0.4, -0.2) is 37.4 Å². The molecule has 2 aromatic heterocycles. The van der Waals surface area contributed by atoms with Crippen LogP contribution in [-0.2, 0) is 7.05 Å².